The van der Waals surface area contributed by atoms with Crippen LogP contribution in [0.1, 0.15) is 19.8 Å². The molecule has 1 heterocycles. The van der Waals surface area contributed by atoms with Crippen LogP contribution < -0.4 is 0 Å². The van der Waals surface area contributed by atoms with E-state index in [2.05, 4.69) is 11.9 Å². The van der Waals surface area contributed by atoms with E-state index in [0.717, 1.165) is 32.5 Å². The third kappa shape index (κ3) is 2.69. The normalized spacial score (nSPS) is 24.4. The maximum atomic E-state index is 11.8. The quantitative estimate of drug-likeness (QED) is 0.634. The Morgan fingerprint density at radius 3 is 2.85 bits per heavy atom. The molecule has 1 aliphatic rings. The van der Waals surface area contributed by atoms with Crippen molar-refractivity contribution in [3.8, 4) is 0 Å². The largest absolute Gasteiger partial charge is 0.346 e. The Labute approximate surface area is 80.7 Å². The molecule has 1 saturated heterocycles. The van der Waals surface area contributed by atoms with E-state index in [1.807, 2.05) is 18.9 Å². The van der Waals surface area contributed by atoms with Crippen LogP contribution in [0.15, 0.2) is 0 Å². The molecule has 0 aromatic heterocycles. The van der Waals surface area contributed by atoms with Gasteiger partial charge in [-0.05, 0) is 33.4 Å². The van der Waals surface area contributed by atoms with Crippen LogP contribution >= 0.6 is 0 Å². The second-order valence-corrected chi connectivity index (χ2v) is 3.95. The maximum absolute atomic E-state index is 11.8. The summed E-state index contributed by atoms with van der Waals surface area (Å²) in [5.41, 5.74) is 0. The Kier molecular flexibility index (Phi) is 3.72. The highest BCUT2D eigenvalue weighted by molar-refractivity contribution is 5.78. The average Bonchev–Trinajstić information content (AvgIpc) is 2.15. The summed E-state index contributed by atoms with van der Waals surface area (Å²) in [5, 5.41) is 0. The monoisotopic (exact) mass is 184 g/mol. The smallest absolute Gasteiger partial charge is 0.226 e. The summed E-state index contributed by atoms with van der Waals surface area (Å²) >= 11 is 0. The summed E-state index contributed by atoms with van der Waals surface area (Å²) in [5.74, 6) is 0.553. The molecule has 1 amide bonds. The number of piperidine rings is 1. The lowest BCUT2D eigenvalue weighted by molar-refractivity contribution is -0.135. The number of hydrogen-bond acceptors (Lipinski definition) is 2. The molecule has 0 spiro atoms. The van der Waals surface area contributed by atoms with Crippen LogP contribution in [0.25, 0.3) is 0 Å². The molecule has 3 nitrogen and oxygen atoms in total. The maximum Gasteiger partial charge on any atom is 0.226 e. The molecule has 1 fully saturated rings. The molecule has 1 rings (SSSR count). The van der Waals surface area contributed by atoms with Gasteiger partial charge in [-0.2, -0.15) is 0 Å². The first-order chi connectivity index (χ1) is 6.15. The van der Waals surface area contributed by atoms with Gasteiger partial charge in [0.05, 0.1) is 5.92 Å². The molecule has 0 bridgehead atoms. The first kappa shape index (κ1) is 10.5. The lowest BCUT2D eigenvalue weighted by atomic mass is 9.97. The van der Waals surface area contributed by atoms with Crippen molar-refractivity contribution < 1.29 is 4.79 Å². The van der Waals surface area contributed by atoms with E-state index in [9.17, 15) is 4.79 Å². The zero-order chi connectivity index (χ0) is 9.84. The highest BCUT2D eigenvalue weighted by Crippen LogP contribution is 2.16. The minimum absolute atomic E-state index is 0.240. The van der Waals surface area contributed by atoms with Gasteiger partial charge in [0.2, 0.25) is 5.91 Å². The Balaban J connectivity index is 2.46. The van der Waals surface area contributed by atoms with Gasteiger partial charge in [-0.15, -0.1) is 0 Å². The van der Waals surface area contributed by atoms with E-state index in [1.165, 1.54) is 0 Å². The van der Waals surface area contributed by atoms with Gasteiger partial charge in [0, 0.05) is 20.1 Å². The zero-order valence-electron chi connectivity index (χ0n) is 8.92. The number of rotatable bonds is 2. The van der Waals surface area contributed by atoms with E-state index >= 15 is 0 Å². The minimum Gasteiger partial charge on any atom is -0.346 e. The molecule has 0 aliphatic carbocycles. The van der Waals surface area contributed by atoms with E-state index in [-0.39, 0.29) is 5.92 Å². The Morgan fingerprint density at radius 1 is 1.62 bits per heavy atom. The lowest BCUT2D eigenvalue weighted by Gasteiger charge is -2.31. The number of carbonyl (C=O) groups excluding carboxylic acids is 1. The standard InChI is InChI=1S/C10H20N2O/c1-4-12(3)10(13)9-6-5-7-11(2)8-9/h9H,4-8H2,1-3H3. The topological polar surface area (TPSA) is 23.6 Å². The molecule has 0 radical (unpaired) electrons. The van der Waals surface area contributed by atoms with Gasteiger partial charge in [0.25, 0.3) is 0 Å². The van der Waals surface area contributed by atoms with Crippen LogP contribution in [0, 0.1) is 5.92 Å². The van der Waals surface area contributed by atoms with Crippen molar-refractivity contribution in [2.24, 2.45) is 5.92 Å². The molecule has 1 atom stereocenters. The van der Waals surface area contributed by atoms with Crippen molar-refractivity contribution in [3.63, 3.8) is 0 Å². The molecule has 0 N–H and O–H groups in total. The second-order valence-electron chi connectivity index (χ2n) is 3.95. The zero-order valence-corrected chi connectivity index (χ0v) is 8.92. The highest BCUT2D eigenvalue weighted by Gasteiger charge is 2.25. The fourth-order valence-corrected chi connectivity index (χ4v) is 1.84. The Morgan fingerprint density at radius 2 is 2.31 bits per heavy atom. The summed E-state index contributed by atoms with van der Waals surface area (Å²) in [6.45, 7) is 4.91. The van der Waals surface area contributed by atoms with Crippen LogP contribution in [-0.4, -0.2) is 49.4 Å². The van der Waals surface area contributed by atoms with Crippen LogP contribution in [0.3, 0.4) is 0 Å². The fraction of sp³-hybridized carbons (Fsp3) is 0.900. The van der Waals surface area contributed by atoms with E-state index in [1.54, 1.807) is 0 Å². The van der Waals surface area contributed by atoms with Crippen molar-refractivity contribution in [1.29, 1.82) is 0 Å². The molecular formula is C10H20N2O. The Hall–Kier alpha value is -0.570. The van der Waals surface area contributed by atoms with Gasteiger partial charge < -0.3 is 9.80 Å². The van der Waals surface area contributed by atoms with Crippen molar-refractivity contribution >= 4 is 5.91 Å². The van der Waals surface area contributed by atoms with Crippen molar-refractivity contribution in [3.05, 3.63) is 0 Å². The van der Waals surface area contributed by atoms with Gasteiger partial charge in [-0.1, -0.05) is 0 Å². The fourth-order valence-electron chi connectivity index (χ4n) is 1.84. The number of nitrogens with zero attached hydrogens (tertiary/aromatic N) is 2. The third-order valence-corrected chi connectivity index (χ3v) is 2.82. The predicted octanol–water partition coefficient (Wildman–Crippen LogP) is 0.806. The lowest BCUT2D eigenvalue weighted by Crippen LogP contribution is -2.42. The number of amides is 1. The number of carbonyl (C=O) groups is 1. The highest BCUT2D eigenvalue weighted by atomic mass is 16.2. The van der Waals surface area contributed by atoms with Gasteiger partial charge >= 0.3 is 0 Å². The van der Waals surface area contributed by atoms with E-state index in [4.69, 9.17) is 0 Å². The van der Waals surface area contributed by atoms with Gasteiger partial charge in [0.1, 0.15) is 0 Å². The molecule has 0 saturated carbocycles. The molecule has 1 aliphatic heterocycles. The third-order valence-electron chi connectivity index (χ3n) is 2.82. The summed E-state index contributed by atoms with van der Waals surface area (Å²) in [6.07, 6.45) is 2.22. The van der Waals surface area contributed by atoms with Crippen LogP contribution in [0.4, 0.5) is 0 Å². The van der Waals surface area contributed by atoms with Crippen LogP contribution in [0.2, 0.25) is 0 Å². The molecule has 76 valence electrons. The van der Waals surface area contributed by atoms with Crippen LogP contribution in [-0.2, 0) is 4.79 Å². The van der Waals surface area contributed by atoms with Crippen LogP contribution in [0.5, 0.6) is 0 Å². The summed E-state index contributed by atoms with van der Waals surface area (Å²) < 4.78 is 0. The predicted molar refractivity (Wildman–Crippen MR) is 53.5 cm³/mol. The molecule has 0 aromatic rings. The molecular weight excluding hydrogens is 164 g/mol. The van der Waals surface area contributed by atoms with Crippen molar-refractivity contribution in [2.45, 2.75) is 19.8 Å². The SMILES string of the molecule is CCN(C)C(=O)C1CCCN(C)C1. The van der Waals surface area contributed by atoms with E-state index < -0.39 is 0 Å². The Bertz CT molecular complexity index is 182. The molecule has 1 unspecified atom stereocenters. The molecule has 0 aromatic carbocycles. The molecule has 13 heavy (non-hydrogen) atoms. The minimum atomic E-state index is 0.240. The van der Waals surface area contributed by atoms with Crippen molar-refractivity contribution in [1.82, 2.24) is 9.80 Å². The number of likely N-dealkylation sites (tertiary alicyclic amines) is 1. The first-order valence-corrected chi connectivity index (χ1v) is 5.08. The molecule has 3 heteroatoms. The van der Waals surface area contributed by atoms with Gasteiger partial charge in [-0.25, -0.2) is 0 Å². The van der Waals surface area contributed by atoms with E-state index in [0.29, 0.717) is 5.91 Å². The van der Waals surface area contributed by atoms with Gasteiger partial charge in [-0.3, -0.25) is 4.79 Å². The number of hydrogen-bond donors (Lipinski definition) is 0. The van der Waals surface area contributed by atoms with Gasteiger partial charge in [0.15, 0.2) is 0 Å². The first-order valence-electron chi connectivity index (χ1n) is 5.08. The average molecular weight is 184 g/mol. The van der Waals surface area contributed by atoms with Crippen molar-refractivity contribution in [2.75, 3.05) is 33.7 Å². The summed E-state index contributed by atoms with van der Waals surface area (Å²) in [4.78, 5) is 15.8. The summed E-state index contributed by atoms with van der Waals surface area (Å²) in [7, 11) is 3.97. The summed E-state index contributed by atoms with van der Waals surface area (Å²) in [6, 6.07) is 0. The second kappa shape index (κ2) is 4.61.